The summed E-state index contributed by atoms with van der Waals surface area (Å²) in [6.07, 6.45) is 4.41. The lowest BCUT2D eigenvalue weighted by atomic mass is 10.1. The maximum atomic E-state index is 12.4. The summed E-state index contributed by atoms with van der Waals surface area (Å²) >= 11 is 0.970. The smallest absolute Gasteiger partial charge is 0.251 e. The third-order valence-corrected chi connectivity index (χ3v) is 6.51. The molecule has 0 fully saturated rings. The van der Waals surface area contributed by atoms with E-state index in [9.17, 15) is 9.59 Å². The maximum Gasteiger partial charge on any atom is 0.251 e. The summed E-state index contributed by atoms with van der Waals surface area (Å²) in [5.74, 6) is 7.56. The standard InChI is InChI=1S/C33H50N2O7S/c1-27(2)10-6-16-35-33(37)29-12-5-15-31(24-29)42-25-32(43-26-34)41-23-22-40-21-20-39-19-9-14-30(36)13-8-18-38-17-7-11-28(3)4/h5,12,15,24,27-28,32H,6,8-10,13-14,16-23,25H2,1-4H3,(H,35,37). The van der Waals surface area contributed by atoms with E-state index in [0.717, 1.165) is 24.6 Å². The molecule has 43 heavy (non-hydrogen) atoms. The number of ether oxygens (including phenoxy) is 5. The van der Waals surface area contributed by atoms with Crippen molar-refractivity contribution in [2.45, 2.75) is 71.7 Å². The number of thioether (sulfide) groups is 1. The van der Waals surface area contributed by atoms with Crippen LogP contribution in [0.15, 0.2) is 24.3 Å². The van der Waals surface area contributed by atoms with Crippen LogP contribution in [0.1, 0.15) is 76.6 Å². The highest BCUT2D eigenvalue weighted by Gasteiger charge is 2.13. The second-order valence-electron chi connectivity index (χ2n) is 10.6. The number of thiocyanates is 1. The summed E-state index contributed by atoms with van der Waals surface area (Å²) in [5.41, 5.74) is 0.0279. The van der Waals surface area contributed by atoms with Crippen LogP contribution in [-0.4, -0.2) is 76.5 Å². The van der Waals surface area contributed by atoms with E-state index in [-0.39, 0.29) is 18.3 Å². The third kappa shape index (κ3) is 22.6. The van der Waals surface area contributed by atoms with Gasteiger partial charge in [-0.3, -0.25) is 9.59 Å². The highest BCUT2D eigenvalue weighted by atomic mass is 32.2. The molecule has 1 N–H and O–H groups in total. The number of nitriles is 1. The van der Waals surface area contributed by atoms with E-state index in [1.165, 1.54) is 0 Å². The van der Waals surface area contributed by atoms with Crippen molar-refractivity contribution in [3.05, 3.63) is 29.8 Å². The number of nitrogens with one attached hydrogen (secondary N) is 1. The normalized spacial score (nSPS) is 11.6. The molecule has 1 atom stereocenters. The van der Waals surface area contributed by atoms with Crippen LogP contribution in [0.25, 0.3) is 0 Å². The first kappa shape index (κ1) is 38.4. The molecule has 9 nitrogen and oxygen atoms in total. The number of ketones is 1. The molecule has 0 aliphatic carbocycles. The van der Waals surface area contributed by atoms with Crippen LogP contribution in [0.3, 0.4) is 0 Å². The first-order chi connectivity index (χ1) is 20.8. The van der Waals surface area contributed by atoms with E-state index in [1.807, 2.05) is 19.2 Å². The van der Waals surface area contributed by atoms with Gasteiger partial charge >= 0.3 is 0 Å². The van der Waals surface area contributed by atoms with Crippen LogP contribution in [-0.2, 0) is 23.7 Å². The molecule has 0 aliphatic rings. The van der Waals surface area contributed by atoms with Crippen molar-refractivity contribution in [2.24, 2.45) is 11.8 Å². The Bertz CT molecular complexity index is 1000. The Labute approximate surface area is 262 Å². The zero-order valence-corrected chi connectivity index (χ0v) is 27.2. The average molecular weight is 619 g/mol. The summed E-state index contributed by atoms with van der Waals surface area (Å²) in [5, 5.41) is 14.1. The number of carbonyl (C=O) groups excluding carboxylic acids is 2. The first-order valence-electron chi connectivity index (χ1n) is 15.2. The van der Waals surface area contributed by atoms with Gasteiger partial charge in [-0.25, -0.2) is 0 Å². The molecule has 0 aromatic heterocycles. The van der Waals surface area contributed by atoms with Gasteiger partial charge in [0.25, 0.3) is 5.91 Å². The minimum atomic E-state index is -0.499. The van der Waals surface area contributed by atoms with Gasteiger partial charge < -0.3 is 29.0 Å². The van der Waals surface area contributed by atoms with Gasteiger partial charge in [0.2, 0.25) is 0 Å². The Kier molecular flexibility index (Phi) is 23.1. The number of nitrogens with zero attached hydrogens (tertiary/aromatic N) is 1. The molecular formula is C33H50N2O7S. The summed E-state index contributed by atoms with van der Waals surface area (Å²) in [4.78, 5) is 24.3. The van der Waals surface area contributed by atoms with Crippen molar-refractivity contribution in [3.63, 3.8) is 0 Å². The largest absolute Gasteiger partial charge is 0.490 e. The quantitative estimate of drug-likeness (QED) is 0.0644. The number of carbonyl (C=O) groups is 2. The molecule has 0 spiro atoms. The molecule has 10 heteroatoms. The molecule has 1 unspecified atom stereocenters. The zero-order valence-electron chi connectivity index (χ0n) is 26.4. The van der Waals surface area contributed by atoms with Crippen LogP contribution in [0.5, 0.6) is 5.75 Å². The summed E-state index contributed by atoms with van der Waals surface area (Å²) in [6, 6.07) is 6.97. The fraction of sp³-hybridized carbons (Fsp3) is 0.667. The van der Waals surface area contributed by atoms with Crippen molar-refractivity contribution in [1.29, 1.82) is 5.26 Å². The predicted molar refractivity (Wildman–Crippen MR) is 170 cm³/mol. The molecular weight excluding hydrogens is 568 g/mol. The number of hydrogen-bond donors (Lipinski definition) is 1. The fourth-order valence-electron chi connectivity index (χ4n) is 3.68. The molecule has 0 heterocycles. The van der Waals surface area contributed by atoms with E-state index in [0.29, 0.717) is 102 Å². The van der Waals surface area contributed by atoms with Crippen LogP contribution >= 0.6 is 11.8 Å². The minimum Gasteiger partial charge on any atom is -0.490 e. The van der Waals surface area contributed by atoms with Gasteiger partial charge in [0.1, 0.15) is 30.1 Å². The van der Waals surface area contributed by atoms with Crippen molar-refractivity contribution >= 4 is 23.5 Å². The van der Waals surface area contributed by atoms with Crippen LogP contribution in [0.2, 0.25) is 0 Å². The zero-order chi connectivity index (χ0) is 31.5. The summed E-state index contributed by atoms with van der Waals surface area (Å²) in [6.45, 7) is 12.1. The Hall–Kier alpha value is -2.60. The minimum absolute atomic E-state index is 0.136. The molecule has 1 aromatic rings. The van der Waals surface area contributed by atoms with Crippen LogP contribution in [0.4, 0.5) is 0 Å². The monoisotopic (exact) mass is 618 g/mol. The topological polar surface area (TPSA) is 116 Å². The fourth-order valence-corrected chi connectivity index (χ4v) is 4.10. The van der Waals surface area contributed by atoms with E-state index in [1.54, 1.807) is 24.3 Å². The van der Waals surface area contributed by atoms with E-state index in [4.69, 9.17) is 28.9 Å². The molecule has 240 valence electrons. The first-order valence-corrected chi connectivity index (χ1v) is 16.1. The molecule has 0 radical (unpaired) electrons. The Morgan fingerprint density at radius 3 is 2.33 bits per heavy atom. The second-order valence-corrected chi connectivity index (χ2v) is 11.6. The van der Waals surface area contributed by atoms with E-state index >= 15 is 0 Å². The van der Waals surface area contributed by atoms with Gasteiger partial charge in [0.05, 0.1) is 26.4 Å². The van der Waals surface area contributed by atoms with Crippen molar-refractivity contribution < 1.29 is 33.3 Å². The van der Waals surface area contributed by atoms with E-state index < -0.39 is 5.44 Å². The molecule has 1 amide bonds. The highest BCUT2D eigenvalue weighted by Crippen LogP contribution is 2.17. The van der Waals surface area contributed by atoms with Gasteiger partial charge in [-0.1, -0.05) is 45.6 Å². The lowest BCUT2D eigenvalue weighted by Crippen LogP contribution is -2.25. The van der Waals surface area contributed by atoms with E-state index in [2.05, 4.69) is 31.0 Å². The Balaban J connectivity index is 2.10. The maximum absolute atomic E-state index is 12.4. The molecule has 0 saturated carbocycles. The summed E-state index contributed by atoms with van der Waals surface area (Å²) < 4.78 is 28.0. The molecule has 0 aliphatic heterocycles. The average Bonchev–Trinajstić information content (AvgIpc) is 2.98. The van der Waals surface area contributed by atoms with Gasteiger partial charge in [-0.15, -0.1) is 0 Å². The molecule has 1 aromatic carbocycles. The summed E-state index contributed by atoms with van der Waals surface area (Å²) in [7, 11) is 0. The van der Waals surface area contributed by atoms with Crippen LogP contribution < -0.4 is 10.1 Å². The number of amides is 1. The highest BCUT2D eigenvalue weighted by molar-refractivity contribution is 8.04. The number of benzene rings is 1. The lowest BCUT2D eigenvalue weighted by molar-refractivity contribution is -0.119. The van der Waals surface area contributed by atoms with Gasteiger partial charge in [-0.2, -0.15) is 5.26 Å². The van der Waals surface area contributed by atoms with Gasteiger partial charge in [-0.05, 0) is 61.6 Å². The molecule has 1 rings (SSSR count). The van der Waals surface area contributed by atoms with Crippen molar-refractivity contribution in [1.82, 2.24) is 5.32 Å². The van der Waals surface area contributed by atoms with Gasteiger partial charge in [0, 0.05) is 44.1 Å². The second kappa shape index (κ2) is 25.9. The number of rotatable bonds is 25. The van der Waals surface area contributed by atoms with Crippen molar-refractivity contribution in [3.8, 4) is 23.0 Å². The van der Waals surface area contributed by atoms with Crippen molar-refractivity contribution in [2.75, 3.05) is 59.4 Å². The molecule has 0 bridgehead atoms. The SMILES string of the molecule is CC(C)C#CCOCCCC(=O)CCCOCCOCCOC(COc1cccc(C(=O)NCCCC(C)C)c1)SC#N. The number of hydrogen-bond acceptors (Lipinski definition) is 9. The molecule has 0 saturated heterocycles. The predicted octanol–water partition coefficient (Wildman–Crippen LogP) is 5.63. The number of Topliss-reactive ketones (excluding diaryl/α,β-unsaturated/α-hetero) is 1. The lowest BCUT2D eigenvalue weighted by Gasteiger charge is -2.16. The Morgan fingerprint density at radius 2 is 1.63 bits per heavy atom. The van der Waals surface area contributed by atoms with Gasteiger partial charge in [0.15, 0.2) is 5.44 Å². The Morgan fingerprint density at radius 1 is 0.930 bits per heavy atom. The third-order valence-electron chi connectivity index (χ3n) is 5.87. The van der Waals surface area contributed by atoms with Crippen LogP contribution in [0, 0.1) is 34.3 Å².